The van der Waals surface area contributed by atoms with Crippen LogP contribution in [0.5, 0.6) is 11.5 Å². The molecule has 3 aromatic carbocycles. The molecule has 148 valence electrons. The van der Waals surface area contributed by atoms with E-state index in [-0.39, 0.29) is 11.5 Å². The molecule has 29 heavy (non-hydrogen) atoms. The molecule has 0 fully saturated rings. The second kappa shape index (κ2) is 8.14. The third-order valence-corrected chi connectivity index (χ3v) is 4.06. The molecule has 3 aromatic rings. The minimum absolute atomic E-state index is 0.251. The zero-order chi connectivity index (χ0) is 21.0. The number of ether oxygens (including phenoxy) is 1. The summed E-state index contributed by atoms with van der Waals surface area (Å²) < 4.78 is 43.8. The Balaban J connectivity index is 1.79. The Morgan fingerprint density at radius 3 is 2.34 bits per heavy atom. The van der Waals surface area contributed by atoms with Gasteiger partial charge in [0.05, 0.1) is 16.2 Å². The molecule has 0 aliphatic heterocycles. The quantitative estimate of drug-likeness (QED) is 0.280. The van der Waals surface area contributed by atoms with Crippen LogP contribution in [0.1, 0.15) is 16.7 Å². The first-order chi connectivity index (χ1) is 13.7. The lowest BCUT2D eigenvalue weighted by atomic mass is 10.2. The van der Waals surface area contributed by atoms with Crippen LogP contribution in [0.4, 0.5) is 24.5 Å². The highest BCUT2D eigenvalue weighted by molar-refractivity contribution is 5.82. The average molecular weight is 400 g/mol. The number of alkyl halides is 3. The number of nitrogens with zero attached hydrogens (tertiary/aromatic N) is 2. The molecule has 5 nitrogen and oxygen atoms in total. The first kappa shape index (κ1) is 20.1. The highest BCUT2D eigenvalue weighted by Gasteiger charge is 2.33. The number of benzene rings is 3. The molecule has 0 aliphatic carbocycles. The highest BCUT2D eigenvalue weighted by atomic mass is 19.4. The summed E-state index contributed by atoms with van der Waals surface area (Å²) in [5.74, 6) is -0.0229. The van der Waals surface area contributed by atoms with Crippen molar-refractivity contribution in [2.24, 2.45) is 4.99 Å². The maximum Gasteiger partial charge on any atom is 0.416 e. The summed E-state index contributed by atoms with van der Waals surface area (Å²) in [4.78, 5) is 14.6. The Morgan fingerprint density at radius 2 is 1.72 bits per heavy atom. The van der Waals surface area contributed by atoms with Crippen molar-refractivity contribution < 1.29 is 22.8 Å². The van der Waals surface area contributed by atoms with E-state index in [1.807, 2.05) is 31.2 Å². The van der Waals surface area contributed by atoms with E-state index in [1.54, 1.807) is 30.5 Å². The van der Waals surface area contributed by atoms with Crippen LogP contribution in [0, 0.1) is 17.0 Å². The fourth-order valence-electron chi connectivity index (χ4n) is 2.52. The molecule has 0 aromatic heterocycles. The number of rotatable bonds is 5. The van der Waals surface area contributed by atoms with Gasteiger partial charge in [-0.3, -0.25) is 15.1 Å². The lowest BCUT2D eigenvalue weighted by Gasteiger charge is -2.10. The molecule has 0 aliphatic rings. The number of para-hydroxylation sites is 1. The van der Waals surface area contributed by atoms with Gasteiger partial charge in [0.25, 0.3) is 0 Å². The molecule has 3 rings (SSSR count). The smallest absolute Gasteiger partial charge is 0.416 e. The number of aryl methyl sites for hydroxylation is 1. The van der Waals surface area contributed by atoms with Gasteiger partial charge >= 0.3 is 11.9 Å². The predicted molar refractivity (Wildman–Crippen MR) is 103 cm³/mol. The van der Waals surface area contributed by atoms with E-state index in [0.29, 0.717) is 6.07 Å². The maximum absolute atomic E-state index is 12.8. The molecule has 0 atom stereocenters. The third kappa shape index (κ3) is 4.98. The summed E-state index contributed by atoms with van der Waals surface area (Å²) in [7, 11) is 0. The molecule has 0 saturated heterocycles. The Morgan fingerprint density at radius 1 is 1.03 bits per heavy atom. The van der Waals surface area contributed by atoms with E-state index in [2.05, 4.69) is 4.99 Å². The number of hydrogen-bond acceptors (Lipinski definition) is 4. The van der Waals surface area contributed by atoms with Gasteiger partial charge in [0.2, 0.25) is 5.75 Å². The summed E-state index contributed by atoms with van der Waals surface area (Å²) in [5.41, 5.74) is 0.748. The Bertz CT molecular complexity index is 1060. The first-order valence-electron chi connectivity index (χ1n) is 8.47. The van der Waals surface area contributed by atoms with Crippen molar-refractivity contribution in [2.75, 3.05) is 0 Å². The molecule has 0 saturated carbocycles. The van der Waals surface area contributed by atoms with Gasteiger partial charge in [-0.1, -0.05) is 18.2 Å². The van der Waals surface area contributed by atoms with Crippen LogP contribution in [0.2, 0.25) is 0 Å². The average Bonchev–Trinajstić information content (AvgIpc) is 2.68. The van der Waals surface area contributed by atoms with Gasteiger partial charge in [0.15, 0.2) is 0 Å². The molecule has 0 spiro atoms. The van der Waals surface area contributed by atoms with Crippen LogP contribution in [0.15, 0.2) is 71.7 Å². The standard InChI is InChI=1S/C21H15F3N2O3/c1-14-4-2-3-5-18(14)25-13-15-6-9-17(10-7-15)29-20-11-8-16(21(22,23)24)12-19(20)26(27)28/h2-13H,1H3. The van der Waals surface area contributed by atoms with Crippen LogP contribution in [0.3, 0.4) is 0 Å². The normalized spacial score (nSPS) is 11.6. The summed E-state index contributed by atoms with van der Waals surface area (Å²) in [5, 5.41) is 11.1. The summed E-state index contributed by atoms with van der Waals surface area (Å²) in [6, 6.07) is 16.3. The highest BCUT2D eigenvalue weighted by Crippen LogP contribution is 2.37. The number of halogens is 3. The van der Waals surface area contributed by atoms with E-state index in [4.69, 9.17) is 4.74 Å². The van der Waals surface area contributed by atoms with Crippen molar-refractivity contribution in [3.05, 3.63) is 93.5 Å². The van der Waals surface area contributed by atoms with Gasteiger partial charge in [-0.05, 0) is 60.5 Å². The van der Waals surface area contributed by atoms with Crippen LogP contribution in [-0.4, -0.2) is 11.1 Å². The summed E-state index contributed by atoms with van der Waals surface area (Å²) in [6.07, 6.45) is -3.02. The zero-order valence-electron chi connectivity index (χ0n) is 15.2. The van der Waals surface area contributed by atoms with Crippen molar-refractivity contribution in [2.45, 2.75) is 13.1 Å². The Hall–Kier alpha value is -3.68. The second-order valence-electron chi connectivity index (χ2n) is 6.15. The van der Waals surface area contributed by atoms with E-state index in [1.165, 1.54) is 0 Å². The molecular formula is C21H15F3N2O3. The van der Waals surface area contributed by atoms with Crippen LogP contribution in [0.25, 0.3) is 0 Å². The largest absolute Gasteiger partial charge is 0.450 e. The van der Waals surface area contributed by atoms with Gasteiger partial charge in [0.1, 0.15) is 5.75 Å². The number of nitro groups is 1. The molecule has 0 bridgehead atoms. The monoisotopic (exact) mass is 400 g/mol. The minimum Gasteiger partial charge on any atom is -0.450 e. The Kier molecular flexibility index (Phi) is 5.63. The van der Waals surface area contributed by atoms with E-state index in [9.17, 15) is 23.3 Å². The SMILES string of the molecule is Cc1ccccc1N=Cc1ccc(Oc2ccc(C(F)(F)F)cc2[N+](=O)[O-])cc1. The molecule has 8 heteroatoms. The zero-order valence-corrected chi connectivity index (χ0v) is 15.2. The second-order valence-corrected chi connectivity index (χ2v) is 6.15. The fraction of sp³-hybridized carbons (Fsp3) is 0.0952. The molecule has 0 heterocycles. The van der Waals surface area contributed by atoms with Gasteiger partial charge in [-0.2, -0.15) is 13.2 Å². The van der Waals surface area contributed by atoms with Crippen molar-refractivity contribution in [3.8, 4) is 11.5 Å². The number of aliphatic imine (C=N–C) groups is 1. The fourth-order valence-corrected chi connectivity index (χ4v) is 2.52. The van der Waals surface area contributed by atoms with Gasteiger partial charge in [0, 0.05) is 12.3 Å². The van der Waals surface area contributed by atoms with Gasteiger partial charge in [-0.25, -0.2) is 0 Å². The van der Waals surface area contributed by atoms with E-state index in [0.717, 1.165) is 28.9 Å². The molecule has 0 unspecified atom stereocenters. The topological polar surface area (TPSA) is 64.7 Å². The van der Waals surface area contributed by atoms with E-state index >= 15 is 0 Å². The van der Waals surface area contributed by atoms with Crippen LogP contribution >= 0.6 is 0 Å². The van der Waals surface area contributed by atoms with Crippen molar-refractivity contribution in [1.82, 2.24) is 0 Å². The van der Waals surface area contributed by atoms with Crippen molar-refractivity contribution >= 4 is 17.6 Å². The first-order valence-corrected chi connectivity index (χ1v) is 8.47. The van der Waals surface area contributed by atoms with Gasteiger partial charge < -0.3 is 4.74 Å². The van der Waals surface area contributed by atoms with Crippen molar-refractivity contribution in [1.29, 1.82) is 0 Å². The number of hydrogen-bond donors (Lipinski definition) is 0. The van der Waals surface area contributed by atoms with Crippen LogP contribution < -0.4 is 4.74 Å². The third-order valence-electron chi connectivity index (χ3n) is 4.06. The molecular weight excluding hydrogens is 385 g/mol. The van der Waals surface area contributed by atoms with E-state index < -0.39 is 22.4 Å². The summed E-state index contributed by atoms with van der Waals surface area (Å²) >= 11 is 0. The molecule has 0 amide bonds. The Labute approximate surface area is 164 Å². The summed E-state index contributed by atoms with van der Waals surface area (Å²) in [6.45, 7) is 1.95. The maximum atomic E-state index is 12.8. The van der Waals surface area contributed by atoms with Crippen molar-refractivity contribution in [3.63, 3.8) is 0 Å². The lowest BCUT2D eigenvalue weighted by molar-refractivity contribution is -0.385. The van der Waals surface area contributed by atoms with Crippen LogP contribution in [-0.2, 0) is 6.18 Å². The lowest BCUT2D eigenvalue weighted by Crippen LogP contribution is -2.06. The predicted octanol–water partition coefficient (Wildman–Crippen LogP) is 6.46. The number of nitro benzene ring substituents is 1. The molecule has 0 radical (unpaired) electrons. The molecule has 0 N–H and O–H groups in total. The van der Waals surface area contributed by atoms with Gasteiger partial charge in [-0.15, -0.1) is 0 Å². The minimum atomic E-state index is -4.68.